The largest absolute Gasteiger partial charge is 0.371 e. The van der Waals surface area contributed by atoms with Gasteiger partial charge in [-0.2, -0.15) is 0 Å². The summed E-state index contributed by atoms with van der Waals surface area (Å²) < 4.78 is 0. The minimum Gasteiger partial charge on any atom is -0.371 e. The van der Waals surface area contributed by atoms with Gasteiger partial charge in [-0.05, 0) is 60.0 Å². The molecule has 1 N–H and O–H groups in total. The van der Waals surface area contributed by atoms with Crippen molar-refractivity contribution in [3.63, 3.8) is 0 Å². The molecule has 0 aromatic heterocycles. The summed E-state index contributed by atoms with van der Waals surface area (Å²) in [6.07, 6.45) is 5.01. The van der Waals surface area contributed by atoms with Gasteiger partial charge in [0.25, 0.3) is 11.8 Å². The molecule has 2 aliphatic rings. The number of anilines is 1. The van der Waals surface area contributed by atoms with E-state index in [4.69, 9.17) is 12.2 Å². The number of nitrogens with zero attached hydrogens (tertiary/aromatic N) is 2. The van der Waals surface area contributed by atoms with Crippen LogP contribution in [0.1, 0.15) is 36.5 Å². The van der Waals surface area contributed by atoms with Crippen molar-refractivity contribution in [1.82, 2.24) is 10.2 Å². The van der Waals surface area contributed by atoms with E-state index in [-0.39, 0.29) is 16.6 Å². The van der Waals surface area contributed by atoms with E-state index in [0.29, 0.717) is 6.54 Å². The Bertz CT molecular complexity index is 1020. The van der Waals surface area contributed by atoms with E-state index in [1.807, 2.05) is 36.4 Å². The van der Waals surface area contributed by atoms with Crippen molar-refractivity contribution < 1.29 is 9.59 Å². The Morgan fingerprint density at radius 1 is 1.13 bits per heavy atom. The number of hydrogen-bond donors (Lipinski definition) is 1. The second kappa shape index (κ2) is 8.79. The number of carbonyl (C=O) groups excluding carboxylic acids is 2. The molecule has 0 spiro atoms. The van der Waals surface area contributed by atoms with Gasteiger partial charge >= 0.3 is 0 Å². The van der Waals surface area contributed by atoms with Gasteiger partial charge in [0.05, 0.1) is 6.54 Å². The molecule has 0 atom stereocenters. The summed E-state index contributed by atoms with van der Waals surface area (Å²) in [5.41, 5.74) is 4.45. The fourth-order valence-corrected chi connectivity index (χ4v) is 4.17. The van der Waals surface area contributed by atoms with E-state index < -0.39 is 5.91 Å². The lowest BCUT2D eigenvalue weighted by molar-refractivity contribution is -0.129. The molecule has 0 radical (unpaired) electrons. The lowest BCUT2D eigenvalue weighted by Crippen LogP contribution is -2.53. The average Bonchev–Trinajstić information content (AvgIpc) is 3.15. The fourth-order valence-electron chi connectivity index (χ4n) is 3.93. The van der Waals surface area contributed by atoms with E-state index in [0.717, 1.165) is 30.6 Å². The number of nitrogens with one attached hydrogen (secondary N) is 1. The Morgan fingerprint density at radius 2 is 1.93 bits per heavy atom. The standard InChI is InChI=1S/C24H25N3O2S/c1-2-3-12-26-13-11-19-14-18(9-10-21(19)26)15-20-22(28)25-24(30)27(23(20)29)16-17-7-5-4-6-8-17/h4-10,14-15H,2-3,11-13,16H2,1H3,(H,25,28,30)/b20-15-. The number of unbranched alkanes of at least 4 members (excludes halogenated alkanes) is 1. The third-order valence-electron chi connectivity index (χ3n) is 5.56. The first-order valence-corrected chi connectivity index (χ1v) is 10.8. The van der Waals surface area contributed by atoms with Crippen LogP contribution in [0, 0.1) is 0 Å². The molecule has 0 bridgehead atoms. The lowest BCUT2D eigenvalue weighted by atomic mass is 10.0. The summed E-state index contributed by atoms with van der Waals surface area (Å²) >= 11 is 5.25. The van der Waals surface area contributed by atoms with Crippen molar-refractivity contribution in [3.05, 3.63) is 70.8 Å². The third-order valence-corrected chi connectivity index (χ3v) is 5.88. The molecule has 2 aromatic carbocycles. The van der Waals surface area contributed by atoms with Gasteiger partial charge in [-0.25, -0.2) is 0 Å². The van der Waals surface area contributed by atoms with Gasteiger partial charge in [0.2, 0.25) is 0 Å². The van der Waals surface area contributed by atoms with Gasteiger partial charge in [-0.15, -0.1) is 0 Å². The van der Waals surface area contributed by atoms with Crippen molar-refractivity contribution >= 4 is 40.9 Å². The summed E-state index contributed by atoms with van der Waals surface area (Å²) in [6.45, 7) is 4.61. The topological polar surface area (TPSA) is 52.7 Å². The fraction of sp³-hybridized carbons (Fsp3) is 0.292. The van der Waals surface area contributed by atoms with E-state index in [1.54, 1.807) is 6.08 Å². The van der Waals surface area contributed by atoms with Crippen molar-refractivity contribution in [2.75, 3.05) is 18.0 Å². The Morgan fingerprint density at radius 3 is 2.70 bits per heavy atom. The number of carbonyl (C=O) groups is 2. The highest BCUT2D eigenvalue weighted by atomic mass is 32.1. The second-order valence-electron chi connectivity index (χ2n) is 7.67. The molecular formula is C24H25N3O2S. The van der Waals surface area contributed by atoms with Crippen molar-refractivity contribution in [2.24, 2.45) is 0 Å². The number of thiocarbonyl (C=S) groups is 1. The first kappa shape index (κ1) is 20.3. The van der Waals surface area contributed by atoms with Gasteiger partial charge in [-0.1, -0.05) is 49.7 Å². The molecule has 1 fully saturated rings. The molecular weight excluding hydrogens is 394 g/mol. The zero-order valence-electron chi connectivity index (χ0n) is 17.1. The van der Waals surface area contributed by atoms with Gasteiger partial charge < -0.3 is 4.90 Å². The van der Waals surface area contributed by atoms with Crippen LogP contribution in [0.4, 0.5) is 5.69 Å². The van der Waals surface area contributed by atoms with E-state index >= 15 is 0 Å². The number of benzene rings is 2. The molecule has 30 heavy (non-hydrogen) atoms. The Labute approximate surface area is 182 Å². The lowest BCUT2D eigenvalue weighted by Gasteiger charge is -2.29. The van der Waals surface area contributed by atoms with Crippen LogP contribution in [0.2, 0.25) is 0 Å². The SMILES string of the molecule is CCCCN1CCc2cc(/C=C3/C(=O)NC(=S)N(Cc4ccccc4)C3=O)ccc21. The zero-order chi connectivity index (χ0) is 21.1. The van der Waals surface area contributed by atoms with Crippen molar-refractivity contribution in [1.29, 1.82) is 0 Å². The van der Waals surface area contributed by atoms with Crippen LogP contribution in [0.3, 0.4) is 0 Å². The van der Waals surface area contributed by atoms with E-state index in [9.17, 15) is 9.59 Å². The van der Waals surface area contributed by atoms with Crippen LogP contribution in [0.25, 0.3) is 6.08 Å². The Kier molecular flexibility index (Phi) is 5.95. The minimum absolute atomic E-state index is 0.111. The van der Waals surface area contributed by atoms with Gasteiger partial charge in [0.15, 0.2) is 5.11 Å². The molecule has 2 amide bonds. The highest BCUT2D eigenvalue weighted by Gasteiger charge is 2.33. The monoisotopic (exact) mass is 419 g/mol. The molecule has 0 saturated carbocycles. The van der Waals surface area contributed by atoms with Crippen LogP contribution in [-0.4, -0.2) is 34.9 Å². The Balaban J connectivity index is 1.57. The third kappa shape index (κ3) is 4.14. The van der Waals surface area contributed by atoms with Crippen LogP contribution in [-0.2, 0) is 22.6 Å². The maximum Gasteiger partial charge on any atom is 0.265 e. The molecule has 2 aromatic rings. The molecule has 2 heterocycles. The van der Waals surface area contributed by atoms with Crippen molar-refractivity contribution in [2.45, 2.75) is 32.7 Å². The predicted octanol–water partition coefficient (Wildman–Crippen LogP) is 3.68. The van der Waals surface area contributed by atoms with E-state index in [1.165, 1.54) is 29.0 Å². The average molecular weight is 420 g/mol. The summed E-state index contributed by atoms with van der Waals surface area (Å²) in [5.74, 6) is -0.808. The normalized spacial score (nSPS) is 17.5. The summed E-state index contributed by atoms with van der Waals surface area (Å²) in [5, 5.41) is 2.80. The molecule has 0 aliphatic carbocycles. The number of fused-ring (bicyclic) bond motifs is 1. The van der Waals surface area contributed by atoms with Crippen LogP contribution < -0.4 is 10.2 Å². The predicted molar refractivity (Wildman–Crippen MR) is 123 cm³/mol. The minimum atomic E-state index is -0.445. The number of amides is 2. The molecule has 1 saturated heterocycles. The van der Waals surface area contributed by atoms with Gasteiger partial charge in [0.1, 0.15) is 5.57 Å². The molecule has 154 valence electrons. The van der Waals surface area contributed by atoms with E-state index in [2.05, 4.69) is 29.3 Å². The smallest absolute Gasteiger partial charge is 0.265 e. The molecule has 6 heteroatoms. The number of rotatable bonds is 6. The second-order valence-corrected chi connectivity index (χ2v) is 8.06. The zero-order valence-corrected chi connectivity index (χ0v) is 17.9. The molecule has 5 nitrogen and oxygen atoms in total. The highest BCUT2D eigenvalue weighted by molar-refractivity contribution is 7.80. The molecule has 4 rings (SSSR count). The first-order valence-electron chi connectivity index (χ1n) is 10.4. The summed E-state index contributed by atoms with van der Waals surface area (Å²) in [7, 11) is 0. The van der Waals surface area contributed by atoms with Gasteiger partial charge in [-0.3, -0.25) is 19.8 Å². The summed E-state index contributed by atoms with van der Waals surface area (Å²) in [4.78, 5) is 29.4. The van der Waals surface area contributed by atoms with Crippen LogP contribution >= 0.6 is 12.2 Å². The molecule has 0 unspecified atom stereocenters. The van der Waals surface area contributed by atoms with Crippen molar-refractivity contribution in [3.8, 4) is 0 Å². The molecule has 2 aliphatic heterocycles. The maximum atomic E-state index is 13.1. The highest BCUT2D eigenvalue weighted by Crippen LogP contribution is 2.30. The Hall–Kier alpha value is -2.99. The summed E-state index contributed by atoms with van der Waals surface area (Å²) in [6, 6.07) is 15.8. The number of hydrogen-bond acceptors (Lipinski definition) is 4. The first-order chi connectivity index (χ1) is 14.6. The quantitative estimate of drug-likeness (QED) is 0.441. The van der Waals surface area contributed by atoms with Crippen LogP contribution in [0.15, 0.2) is 54.1 Å². The maximum absolute atomic E-state index is 13.1. The van der Waals surface area contributed by atoms with Crippen LogP contribution in [0.5, 0.6) is 0 Å². The van der Waals surface area contributed by atoms with Gasteiger partial charge in [0, 0.05) is 18.8 Å².